The molecule has 1 atom stereocenters. The van der Waals surface area contributed by atoms with Crippen molar-refractivity contribution >= 4 is 23.4 Å². The Labute approximate surface area is 215 Å². The van der Waals surface area contributed by atoms with E-state index in [-0.39, 0.29) is 37.6 Å². The lowest BCUT2D eigenvalue weighted by Crippen LogP contribution is -2.47. The van der Waals surface area contributed by atoms with Crippen LogP contribution >= 0.6 is 11.6 Å². The zero-order chi connectivity index (χ0) is 25.5. The third kappa shape index (κ3) is 6.47. The number of hydrogen-bond acceptors (Lipinski definition) is 6. The molecule has 2 aromatic carbocycles. The molecule has 2 N–H and O–H groups in total. The Morgan fingerprint density at radius 1 is 1.14 bits per heavy atom. The number of carbonyl (C=O) groups is 2. The van der Waals surface area contributed by atoms with Gasteiger partial charge in [0.1, 0.15) is 12.6 Å². The molecule has 10 heteroatoms. The number of amides is 2. The number of nitrogens with zero attached hydrogens (tertiary/aromatic N) is 5. The van der Waals surface area contributed by atoms with Crippen molar-refractivity contribution in [1.82, 2.24) is 30.4 Å². The third-order valence-corrected chi connectivity index (χ3v) is 6.62. The fraction of sp³-hybridized carbons (Fsp3) is 0.423. The van der Waals surface area contributed by atoms with Crippen LogP contribution in [0.2, 0.25) is 5.02 Å². The Hall–Kier alpha value is -3.30. The molecular weight excluding hydrogens is 480 g/mol. The van der Waals surface area contributed by atoms with Gasteiger partial charge in [0, 0.05) is 29.8 Å². The van der Waals surface area contributed by atoms with Crippen molar-refractivity contribution in [3.05, 3.63) is 64.7 Å². The number of aliphatic hydroxyl groups is 1. The Bertz CT molecular complexity index is 1160. The molecule has 1 unspecified atom stereocenters. The number of benzene rings is 2. The van der Waals surface area contributed by atoms with Crippen LogP contribution in [0.3, 0.4) is 0 Å². The zero-order valence-corrected chi connectivity index (χ0v) is 21.1. The van der Waals surface area contributed by atoms with Gasteiger partial charge in [0.05, 0.1) is 0 Å². The number of aliphatic hydroxyl groups excluding tert-OH is 1. The summed E-state index contributed by atoms with van der Waals surface area (Å²) in [7, 11) is 0. The molecule has 1 saturated carbocycles. The van der Waals surface area contributed by atoms with Gasteiger partial charge >= 0.3 is 0 Å². The SMILES string of the molecule is Cc1ccc(-c2nnn(CC(=O)N(CCCO)C(C(=O)NC3CCCC3)c3ccc(Cl)cc3)n2)cc1. The van der Waals surface area contributed by atoms with Gasteiger partial charge in [-0.25, -0.2) is 0 Å². The fourth-order valence-electron chi connectivity index (χ4n) is 4.45. The third-order valence-electron chi connectivity index (χ3n) is 6.36. The van der Waals surface area contributed by atoms with Crippen molar-refractivity contribution in [3.63, 3.8) is 0 Å². The molecule has 3 aromatic rings. The largest absolute Gasteiger partial charge is 0.396 e. The number of aryl methyl sites for hydroxylation is 1. The molecule has 9 nitrogen and oxygen atoms in total. The molecule has 190 valence electrons. The average molecular weight is 511 g/mol. The molecule has 1 aliphatic carbocycles. The lowest BCUT2D eigenvalue weighted by Gasteiger charge is -2.32. The second kappa shape index (κ2) is 12.1. The summed E-state index contributed by atoms with van der Waals surface area (Å²) in [5, 5.41) is 25.7. The first-order valence-electron chi connectivity index (χ1n) is 12.3. The predicted octanol–water partition coefficient (Wildman–Crippen LogP) is 3.31. The van der Waals surface area contributed by atoms with E-state index in [9.17, 15) is 14.7 Å². The molecule has 1 aromatic heterocycles. The number of aromatic nitrogens is 4. The van der Waals surface area contributed by atoms with Crippen molar-refractivity contribution < 1.29 is 14.7 Å². The van der Waals surface area contributed by atoms with E-state index in [4.69, 9.17) is 11.6 Å². The monoisotopic (exact) mass is 510 g/mol. The first-order valence-corrected chi connectivity index (χ1v) is 12.6. The molecule has 1 heterocycles. The maximum atomic E-state index is 13.5. The highest BCUT2D eigenvalue weighted by Crippen LogP contribution is 2.26. The van der Waals surface area contributed by atoms with Crippen LogP contribution in [0.15, 0.2) is 48.5 Å². The van der Waals surface area contributed by atoms with Crippen LogP contribution in [-0.2, 0) is 16.1 Å². The minimum absolute atomic E-state index is 0.0937. The Morgan fingerprint density at radius 2 is 1.83 bits per heavy atom. The quantitative estimate of drug-likeness (QED) is 0.432. The number of nitrogens with one attached hydrogen (secondary N) is 1. The van der Waals surface area contributed by atoms with E-state index in [2.05, 4.69) is 20.7 Å². The standard InChI is InChI=1S/C26H31ClN6O3/c1-18-7-9-20(10-8-18)25-29-31-33(30-25)17-23(35)32(15-4-16-34)24(19-11-13-21(27)14-12-19)26(36)28-22-5-2-3-6-22/h7-14,22,24,34H,2-6,15-17H2,1H3,(H,28,36). The Morgan fingerprint density at radius 3 is 2.50 bits per heavy atom. The van der Waals surface area contributed by atoms with Gasteiger partial charge in [-0.3, -0.25) is 9.59 Å². The fourth-order valence-corrected chi connectivity index (χ4v) is 4.57. The number of hydrogen-bond donors (Lipinski definition) is 2. The summed E-state index contributed by atoms with van der Waals surface area (Å²) in [5.74, 6) is -0.182. The van der Waals surface area contributed by atoms with Crippen LogP contribution in [0.4, 0.5) is 0 Å². The molecule has 0 saturated heterocycles. The lowest BCUT2D eigenvalue weighted by molar-refractivity contribution is -0.142. The number of tetrazole rings is 1. The van der Waals surface area contributed by atoms with Crippen LogP contribution in [0.5, 0.6) is 0 Å². The minimum Gasteiger partial charge on any atom is -0.396 e. The molecular formula is C26H31ClN6O3. The van der Waals surface area contributed by atoms with Crippen LogP contribution in [0.1, 0.15) is 49.3 Å². The van der Waals surface area contributed by atoms with Gasteiger partial charge in [0.2, 0.25) is 17.6 Å². The first-order chi connectivity index (χ1) is 17.4. The molecule has 0 spiro atoms. The summed E-state index contributed by atoms with van der Waals surface area (Å²) in [6, 6.07) is 13.8. The van der Waals surface area contributed by atoms with Crippen LogP contribution in [-0.4, -0.2) is 61.2 Å². The highest BCUT2D eigenvalue weighted by molar-refractivity contribution is 6.30. The maximum absolute atomic E-state index is 13.5. The van der Waals surface area contributed by atoms with Gasteiger partial charge in [0.25, 0.3) is 0 Å². The van der Waals surface area contributed by atoms with Crippen molar-refractivity contribution in [2.75, 3.05) is 13.2 Å². The normalized spacial score (nSPS) is 14.5. The van der Waals surface area contributed by atoms with E-state index in [1.165, 1.54) is 9.70 Å². The highest BCUT2D eigenvalue weighted by atomic mass is 35.5. The van der Waals surface area contributed by atoms with Crippen LogP contribution < -0.4 is 5.32 Å². The predicted molar refractivity (Wildman–Crippen MR) is 136 cm³/mol. The molecule has 4 rings (SSSR count). The second-order valence-electron chi connectivity index (χ2n) is 9.12. The number of halogens is 1. The van der Waals surface area contributed by atoms with Crippen LogP contribution in [0.25, 0.3) is 11.4 Å². The summed E-state index contributed by atoms with van der Waals surface area (Å²) in [5.41, 5.74) is 2.56. The molecule has 0 bridgehead atoms. The van der Waals surface area contributed by atoms with Gasteiger partial charge in [-0.15, -0.1) is 10.2 Å². The van der Waals surface area contributed by atoms with E-state index in [0.29, 0.717) is 22.8 Å². The summed E-state index contributed by atoms with van der Waals surface area (Å²) < 4.78 is 0. The molecule has 36 heavy (non-hydrogen) atoms. The average Bonchev–Trinajstić information content (AvgIpc) is 3.55. The topological polar surface area (TPSA) is 113 Å². The van der Waals surface area contributed by atoms with Gasteiger partial charge in [-0.1, -0.05) is 66.4 Å². The van der Waals surface area contributed by atoms with Gasteiger partial charge < -0.3 is 15.3 Å². The second-order valence-corrected chi connectivity index (χ2v) is 9.55. The number of carbonyl (C=O) groups excluding carboxylic acids is 2. The Kier molecular flexibility index (Phi) is 8.66. The number of rotatable bonds is 10. The van der Waals surface area contributed by atoms with E-state index >= 15 is 0 Å². The smallest absolute Gasteiger partial charge is 0.247 e. The molecule has 0 aliphatic heterocycles. The van der Waals surface area contributed by atoms with E-state index in [0.717, 1.165) is 36.8 Å². The van der Waals surface area contributed by atoms with Crippen molar-refractivity contribution in [1.29, 1.82) is 0 Å². The van der Waals surface area contributed by atoms with Crippen molar-refractivity contribution in [2.45, 2.75) is 57.7 Å². The molecule has 2 amide bonds. The zero-order valence-electron chi connectivity index (χ0n) is 20.3. The summed E-state index contributed by atoms with van der Waals surface area (Å²) in [4.78, 5) is 29.8. The van der Waals surface area contributed by atoms with Gasteiger partial charge in [-0.2, -0.15) is 4.80 Å². The van der Waals surface area contributed by atoms with Gasteiger partial charge in [-0.05, 0) is 49.1 Å². The summed E-state index contributed by atoms with van der Waals surface area (Å²) in [6.07, 6.45) is 4.32. The first kappa shape index (κ1) is 25.8. The molecule has 0 radical (unpaired) electrons. The van der Waals surface area contributed by atoms with E-state index in [1.807, 2.05) is 31.2 Å². The van der Waals surface area contributed by atoms with Crippen molar-refractivity contribution in [3.8, 4) is 11.4 Å². The van der Waals surface area contributed by atoms with Crippen molar-refractivity contribution in [2.24, 2.45) is 0 Å². The van der Waals surface area contributed by atoms with Crippen LogP contribution in [0, 0.1) is 6.92 Å². The van der Waals surface area contributed by atoms with E-state index in [1.54, 1.807) is 24.3 Å². The summed E-state index contributed by atoms with van der Waals surface area (Å²) >= 11 is 6.09. The summed E-state index contributed by atoms with van der Waals surface area (Å²) in [6.45, 7) is 1.89. The minimum atomic E-state index is -0.873. The molecule has 1 fully saturated rings. The maximum Gasteiger partial charge on any atom is 0.247 e. The lowest BCUT2D eigenvalue weighted by atomic mass is 10.0. The Balaban J connectivity index is 1.58. The molecule has 1 aliphatic rings. The van der Waals surface area contributed by atoms with Gasteiger partial charge in [0.15, 0.2) is 0 Å². The highest BCUT2D eigenvalue weighted by Gasteiger charge is 2.33. The van der Waals surface area contributed by atoms with E-state index < -0.39 is 6.04 Å².